The van der Waals surface area contributed by atoms with Gasteiger partial charge < -0.3 is 10.2 Å². The molecule has 0 fully saturated rings. The molecule has 0 saturated carbocycles. The Morgan fingerprint density at radius 1 is 1.06 bits per heavy atom. The average Bonchev–Trinajstić information content (AvgIpc) is 2.39. The van der Waals surface area contributed by atoms with Crippen LogP contribution in [0.25, 0.3) is 5.57 Å². The molecule has 0 aliphatic heterocycles. The largest absolute Gasteiger partial charge is 0.396 e. The molecule has 1 aliphatic carbocycles. The van der Waals surface area contributed by atoms with Crippen LogP contribution in [0.1, 0.15) is 18.4 Å². The van der Waals surface area contributed by atoms with Crippen LogP contribution in [0.5, 0.6) is 0 Å². The van der Waals surface area contributed by atoms with E-state index in [0.717, 1.165) is 12.8 Å². The lowest BCUT2D eigenvalue weighted by molar-refractivity contribution is 0.175. The van der Waals surface area contributed by atoms with E-state index in [0.29, 0.717) is 0 Å². The first-order valence-corrected chi connectivity index (χ1v) is 5.81. The lowest BCUT2D eigenvalue weighted by Gasteiger charge is -2.26. The molecule has 86 valence electrons. The lowest BCUT2D eigenvalue weighted by atomic mass is 9.81. The van der Waals surface area contributed by atoms with E-state index in [4.69, 9.17) is 0 Å². The maximum atomic E-state index is 9.26. The molecule has 0 saturated heterocycles. The molecule has 2 nitrogen and oxygen atoms in total. The molecule has 0 radical (unpaired) electrons. The van der Waals surface area contributed by atoms with Gasteiger partial charge in [0, 0.05) is 19.1 Å². The molecule has 1 aliphatic rings. The van der Waals surface area contributed by atoms with E-state index in [9.17, 15) is 10.2 Å². The van der Waals surface area contributed by atoms with Crippen LogP contribution in [0.2, 0.25) is 0 Å². The highest BCUT2D eigenvalue weighted by Gasteiger charge is 2.21. The van der Waals surface area contributed by atoms with Gasteiger partial charge in [0.2, 0.25) is 0 Å². The lowest BCUT2D eigenvalue weighted by Crippen LogP contribution is -2.19. The number of rotatable bonds is 3. The average molecular weight is 218 g/mol. The summed E-state index contributed by atoms with van der Waals surface area (Å²) in [6.45, 7) is 0.382. The number of aliphatic hydroxyl groups excluding tert-OH is 2. The number of allylic oxidation sites excluding steroid dienone is 1. The van der Waals surface area contributed by atoms with Crippen molar-refractivity contribution in [3.05, 3.63) is 42.0 Å². The zero-order valence-corrected chi connectivity index (χ0v) is 9.34. The maximum absolute atomic E-state index is 9.26. The van der Waals surface area contributed by atoms with E-state index in [2.05, 4.69) is 18.2 Å². The van der Waals surface area contributed by atoms with Gasteiger partial charge >= 0.3 is 0 Å². The van der Waals surface area contributed by atoms with E-state index in [1.54, 1.807) is 0 Å². The van der Waals surface area contributed by atoms with Gasteiger partial charge in [-0.05, 0) is 29.9 Å². The predicted octanol–water partition coefficient (Wildman–Crippen LogP) is 2.08. The van der Waals surface area contributed by atoms with Crippen LogP contribution in [-0.4, -0.2) is 23.4 Å². The number of hydrogen-bond acceptors (Lipinski definition) is 2. The Hall–Kier alpha value is -1.12. The molecule has 0 amide bonds. The summed E-state index contributed by atoms with van der Waals surface area (Å²) in [6, 6.07) is 10.2. The fourth-order valence-corrected chi connectivity index (χ4v) is 2.38. The third-order valence-corrected chi connectivity index (χ3v) is 3.22. The molecule has 2 N–H and O–H groups in total. The number of aliphatic hydroxyl groups is 2. The predicted molar refractivity (Wildman–Crippen MR) is 64.8 cm³/mol. The monoisotopic (exact) mass is 218 g/mol. The first-order valence-electron chi connectivity index (χ1n) is 5.81. The van der Waals surface area contributed by atoms with E-state index < -0.39 is 0 Å². The van der Waals surface area contributed by atoms with Crippen LogP contribution in [0, 0.1) is 11.8 Å². The van der Waals surface area contributed by atoms with Crippen LogP contribution in [0.3, 0.4) is 0 Å². The fraction of sp³-hybridized carbons (Fsp3) is 0.429. The topological polar surface area (TPSA) is 40.5 Å². The van der Waals surface area contributed by atoms with Crippen molar-refractivity contribution in [2.24, 2.45) is 11.8 Å². The maximum Gasteiger partial charge on any atom is 0.0494 e. The molecule has 1 aromatic carbocycles. The third-order valence-electron chi connectivity index (χ3n) is 3.22. The van der Waals surface area contributed by atoms with Crippen molar-refractivity contribution in [1.82, 2.24) is 0 Å². The highest BCUT2D eigenvalue weighted by atomic mass is 16.3. The van der Waals surface area contributed by atoms with Crippen molar-refractivity contribution < 1.29 is 10.2 Å². The smallest absolute Gasteiger partial charge is 0.0494 e. The molecule has 0 aromatic heterocycles. The Kier molecular flexibility index (Phi) is 3.75. The first-order chi connectivity index (χ1) is 7.83. The van der Waals surface area contributed by atoms with Crippen molar-refractivity contribution >= 4 is 5.57 Å². The quantitative estimate of drug-likeness (QED) is 0.815. The summed E-state index contributed by atoms with van der Waals surface area (Å²) in [5.74, 6) is 0.485. The fourth-order valence-electron chi connectivity index (χ4n) is 2.38. The Morgan fingerprint density at radius 3 is 2.44 bits per heavy atom. The zero-order valence-electron chi connectivity index (χ0n) is 9.34. The van der Waals surface area contributed by atoms with Crippen LogP contribution < -0.4 is 0 Å². The highest BCUT2D eigenvalue weighted by Crippen LogP contribution is 2.33. The van der Waals surface area contributed by atoms with E-state index in [1.807, 2.05) is 18.2 Å². The molecule has 0 spiro atoms. The van der Waals surface area contributed by atoms with Crippen molar-refractivity contribution in [3.63, 3.8) is 0 Å². The van der Waals surface area contributed by atoms with Gasteiger partial charge in [0.1, 0.15) is 0 Å². The van der Waals surface area contributed by atoms with Gasteiger partial charge in [-0.3, -0.25) is 0 Å². The minimum atomic E-state index is 0.173. The van der Waals surface area contributed by atoms with E-state index in [1.165, 1.54) is 11.1 Å². The molecule has 0 unspecified atom stereocenters. The Labute approximate surface area is 96.2 Å². The van der Waals surface area contributed by atoms with Gasteiger partial charge in [-0.1, -0.05) is 36.4 Å². The standard InChI is InChI=1S/C14H18O2/c15-9-11-6-12(10-16)8-14(7-11)13-4-2-1-3-5-13/h1-5,7,11-12,15-16H,6,8-10H2/t11-,12-/m0/s1. The minimum absolute atomic E-state index is 0.173. The molecule has 1 aromatic rings. The van der Waals surface area contributed by atoms with Gasteiger partial charge in [0.05, 0.1) is 0 Å². The molecule has 0 bridgehead atoms. The second-order valence-corrected chi connectivity index (χ2v) is 4.49. The van der Waals surface area contributed by atoms with Crippen LogP contribution in [0.15, 0.2) is 36.4 Å². The van der Waals surface area contributed by atoms with Gasteiger partial charge in [0.25, 0.3) is 0 Å². The van der Waals surface area contributed by atoms with Crippen LogP contribution in [0.4, 0.5) is 0 Å². The van der Waals surface area contributed by atoms with Crippen molar-refractivity contribution in [3.8, 4) is 0 Å². The van der Waals surface area contributed by atoms with Gasteiger partial charge in [-0.25, -0.2) is 0 Å². The molecule has 2 atom stereocenters. The summed E-state index contributed by atoms with van der Waals surface area (Å²) in [5, 5.41) is 18.5. The van der Waals surface area contributed by atoms with Gasteiger partial charge in [0.15, 0.2) is 0 Å². The Morgan fingerprint density at radius 2 is 1.81 bits per heavy atom. The summed E-state index contributed by atoms with van der Waals surface area (Å²) >= 11 is 0. The van der Waals surface area contributed by atoms with E-state index >= 15 is 0 Å². The van der Waals surface area contributed by atoms with Crippen molar-refractivity contribution in [2.75, 3.05) is 13.2 Å². The highest BCUT2D eigenvalue weighted by molar-refractivity contribution is 5.66. The molecule has 16 heavy (non-hydrogen) atoms. The minimum Gasteiger partial charge on any atom is -0.396 e. The van der Waals surface area contributed by atoms with Gasteiger partial charge in [-0.15, -0.1) is 0 Å². The summed E-state index contributed by atoms with van der Waals surface area (Å²) in [4.78, 5) is 0. The van der Waals surface area contributed by atoms with E-state index in [-0.39, 0.29) is 25.0 Å². The molecular formula is C14H18O2. The SMILES string of the molecule is OC[C@@H]1C=C(c2ccccc2)C[C@@H](CO)C1. The number of benzene rings is 1. The molecule has 2 rings (SSSR count). The summed E-state index contributed by atoms with van der Waals surface area (Å²) < 4.78 is 0. The van der Waals surface area contributed by atoms with Crippen LogP contribution >= 0.6 is 0 Å². The zero-order chi connectivity index (χ0) is 11.4. The number of hydrogen-bond donors (Lipinski definition) is 2. The summed E-state index contributed by atoms with van der Waals surface area (Å²) in [7, 11) is 0. The summed E-state index contributed by atoms with van der Waals surface area (Å²) in [5.41, 5.74) is 2.46. The molecule has 2 heteroatoms. The van der Waals surface area contributed by atoms with Crippen molar-refractivity contribution in [2.45, 2.75) is 12.8 Å². The second kappa shape index (κ2) is 5.28. The summed E-state index contributed by atoms with van der Waals surface area (Å²) in [6.07, 6.45) is 3.96. The Balaban J connectivity index is 2.22. The normalized spacial score (nSPS) is 25.2. The van der Waals surface area contributed by atoms with Crippen molar-refractivity contribution in [1.29, 1.82) is 0 Å². The first kappa shape index (κ1) is 11.4. The Bertz CT molecular complexity index is 356. The second-order valence-electron chi connectivity index (χ2n) is 4.49. The van der Waals surface area contributed by atoms with Gasteiger partial charge in [-0.2, -0.15) is 0 Å². The molecule has 0 heterocycles. The molecular weight excluding hydrogens is 200 g/mol. The van der Waals surface area contributed by atoms with Crippen LogP contribution in [-0.2, 0) is 0 Å². The third kappa shape index (κ3) is 2.52.